The van der Waals surface area contributed by atoms with Crippen LogP contribution in [0.5, 0.6) is 0 Å². The first-order valence-corrected chi connectivity index (χ1v) is 37.8. The van der Waals surface area contributed by atoms with Gasteiger partial charge in [-0.3, -0.25) is 8.80 Å². The number of benzene rings is 16. The first kappa shape index (κ1) is 62.6. The number of nitrogens with zero attached hydrogens (tertiary/aromatic N) is 8. The molecule has 0 unspecified atom stereocenters. The van der Waals surface area contributed by atoms with Crippen molar-refractivity contribution in [2.45, 2.75) is 0 Å². The van der Waals surface area contributed by atoms with Crippen molar-refractivity contribution in [1.29, 1.82) is 0 Å². The molecule has 6 aromatic heterocycles. The van der Waals surface area contributed by atoms with Crippen molar-refractivity contribution in [3.05, 3.63) is 364 Å². The van der Waals surface area contributed by atoms with E-state index >= 15 is 0 Å². The average Bonchev–Trinajstić information content (AvgIpc) is 1.57. The zero-order valence-corrected chi connectivity index (χ0v) is 59.7. The number of hydrogen-bond donors (Lipinski definition) is 0. The summed E-state index contributed by atoms with van der Waals surface area (Å²) >= 11 is 3.71. The van der Waals surface area contributed by atoms with Crippen LogP contribution >= 0.6 is 22.7 Å². The summed E-state index contributed by atoms with van der Waals surface area (Å²) in [4.78, 5) is 32.9. The van der Waals surface area contributed by atoms with E-state index in [2.05, 4.69) is 373 Å². The van der Waals surface area contributed by atoms with E-state index in [4.69, 9.17) is 29.9 Å². The van der Waals surface area contributed by atoms with Crippen LogP contribution in [-0.4, -0.2) is 38.7 Å². The van der Waals surface area contributed by atoms with Crippen molar-refractivity contribution in [2.75, 3.05) is 0 Å². The summed E-state index contributed by atoms with van der Waals surface area (Å²) in [7, 11) is 0. The van der Waals surface area contributed by atoms with Crippen LogP contribution in [0.2, 0.25) is 0 Å². The van der Waals surface area contributed by atoms with Gasteiger partial charge in [0.05, 0.1) is 31.5 Å². The van der Waals surface area contributed by atoms with E-state index in [0.717, 1.165) is 77.2 Å². The molecule has 8 nitrogen and oxygen atoms in total. The average molecular weight is 1410 g/mol. The molecule has 6 heterocycles. The van der Waals surface area contributed by atoms with Crippen LogP contribution in [0.15, 0.2) is 364 Å². The molecule has 108 heavy (non-hydrogen) atoms. The lowest BCUT2D eigenvalue weighted by atomic mass is 9.98. The molecule has 0 saturated carbocycles. The predicted octanol–water partition coefficient (Wildman–Crippen LogP) is 26.3. The third-order valence-corrected chi connectivity index (χ3v) is 23.2. The van der Waals surface area contributed by atoms with Crippen molar-refractivity contribution in [2.24, 2.45) is 0 Å². The molecule has 0 radical (unpaired) electrons. The maximum atomic E-state index is 5.07. The number of hydrogen-bond acceptors (Lipinski definition) is 8. The highest BCUT2D eigenvalue weighted by atomic mass is 32.1. The molecule has 0 bridgehead atoms. The first-order valence-electron chi connectivity index (χ1n) is 36.2. The zero-order valence-electron chi connectivity index (χ0n) is 58.0. The van der Waals surface area contributed by atoms with Gasteiger partial charge in [0.25, 0.3) is 0 Å². The normalized spacial score (nSPS) is 11.7. The van der Waals surface area contributed by atoms with E-state index in [0.29, 0.717) is 34.9 Å². The molecule has 0 aliphatic rings. The molecule has 0 amide bonds. The molecule has 0 fully saturated rings. The molecule has 0 aliphatic heterocycles. The molecule has 10 heteroatoms. The summed E-state index contributed by atoms with van der Waals surface area (Å²) in [6.07, 6.45) is 0. The third kappa shape index (κ3) is 11.1. The van der Waals surface area contributed by atoms with E-state index in [-0.39, 0.29) is 0 Å². The summed E-state index contributed by atoms with van der Waals surface area (Å²) in [5, 5.41) is 11.9. The van der Waals surface area contributed by atoms with Gasteiger partial charge in [-0.05, 0) is 143 Å². The molecular formula is C98H60N8S2. The van der Waals surface area contributed by atoms with Crippen molar-refractivity contribution < 1.29 is 0 Å². The molecule has 0 N–H and O–H groups in total. The van der Waals surface area contributed by atoms with Gasteiger partial charge in [0.1, 0.15) is 9.66 Å². The van der Waals surface area contributed by atoms with Crippen molar-refractivity contribution in [1.82, 2.24) is 38.7 Å². The second-order valence-electron chi connectivity index (χ2n) is 27.4. The Hall–Kier alpha value is -13.9. The van der Waals surface area contributed by atoms with Crippen molar-refractivity contribution in [3.8, 4) is 113 Å². The van der Waals surface area contributed by atoms with Crippen LogP contribution in [0.25, 0.3) is 208 Å². The number of fused-ring (bicyclic) bond motifs is 14. The minimum absolute atomic E-state index is 0.643. The van der Waals surface area contributed by atoms with Crippen LogP contribution in [0.1, 0.15) is 0 Å². The second kappa shape index (κ2) is 26.1. The highest BCUT2D eigenvalue weighted by Crippen LogP contribution is 2.45. The summed E-state index contributed by atoms with van der Waals surface area (Å²) in [6, 6.07) is 129. The Kier molecular flexibility index (Phi) is 15.1. The van der Waals surface area contributed by atoms with E-state index in [9.17, 15) is 0 Å². The minimum Gasteiger partial charge on any atom is -0.299 e. The van der Waals surface area contributed by atoms with E-state index in [1.807, 2.05) is 22.7 Å². The summed E-state index contributed by atoms with van der Waals surface area (Å²) in [6.45, 7) is 0. The Morgan fingerprint density at radius 2 is 0.444 bits per heavy atom. The zero-order chi connectivity index (χ0) is 71.2. The number of thiazole rings is 2. The summed E-state index contributed by atoms with van der Waals surface area (Å²) in [5.41, 5.74) is 20.3. The van der Waals surface area contributed by atoms with Crippen molar-refractivity contribution in [3.63, 3.8) is 0 Å². The lowest BCUT2D eigenvalue weighted by molar-refractivity contribution is 1.07. The van der Waals surface area contributed by atoms with Crippen LogP contribution in [0.4, 0.5) is 0 Å². The first-order chi connectivity index (χ1) is 53.5. The molecule has 16 aromatic carbocycles. The third-order valence-electron chi connectivity index (χ3n) is 20.9. The fraction of sp³-hybridized carbons (Fsp3) is 0. The van der Waals surface area contributed by atoms with Gasteiger partial charge in [-0.2, -0.15) is 0 Å². The van der Waals surface area contributed by atoms with Gasteiger partial charge in [-0.25, -0.2) is 29.9 Å². The van der Waals surface area contributed by atoms with Crippen LogP contribution in [0.3, 0.4) is 0 Å². The molecule has 0 atom stereocenters. The summed E-state index contributed by atoms with van der Waals surface area (Å²) in [5.74, 6) is 3.89. The lowest BCUT2D eigenvalue weighted by Crippen LogP contribution is -2.00. The number of para-hydroxylation sites is 4. The van der Waals surface area contributed by atoms with E-state index in [1.54, 1.807) is 0 Å². The smallest absolute Gasteiger partial charge is 0.164 e. The molecule has 0 saturated heterocycles. The lowest BCUT2D eigenvalue weighted by Gasteiger charge is -2.11. The number of rotatable bonds is 10. The number of aromatic nitrogens is 8. The van der Waals surface area contributed by atoms with Gasteiger partial charge in [-0.1, -0.05) is 297 Å². The van der Waals surface area contributed by atoms with Gasteiger partial charge in [-0.15, -0.1) is 22.7 Å². The fourth-order valence-electron chi connectivity index (χ4n) is 15.5. The summed E-state index contributed by atoms with van der Waals surface area (Å²) < 4.78 is 7.41. The van der Waals surface area contributed by atoms with Crippen LogP contribution < -0.4 is 0 Å². The Balaban J connectivity index is 0.000000138. The quantitative estimate of drug-likeness (QED) is 0.136. The van der Waals surface area contributed by atoms with Gasteiger partial charge >= 0.3 is 0 Å². The maximum Gasteiger partial charge on any atom is 0.164 e. The Bertz CT molecular complexity index is 7120. The topological polar surface area (TPSA) is 86.2 Å². The van der Waals surface area contributed by atoms with Gasteiger partial charge in [0, 0.05) is 55.3 Å². The van der Waals surface area contributed by atoms with E-state index < -0.39 is 0 Å². The van der Waals surface area contributed by atoms with Crippen molar-refractivity contribution >= 4 is 118 Å². The predicted molar refractivity (Wildman–Crippen MR) is 452 cm³/mol. The standard InChI is InChI=1S/2C49H30N4S/c1-3-12-35-29-39(26-22-31(35)10-1)47-50-46(51-48(52-47)40-27-23-32-11-2-4-13-36(32)30-40)34-24-20-33(21-25-34)37-14-9-15-38(28-37)45-41-16-5-6-17-42(41)53-43-18-7-8-19-44(43)54-49(45)53;1-3-11-37-29-39(27-21-31(37)9-1)47-50-46(51-48(52-47)40-28-22-32-10-2-4-12-38(32)30-40)36-25-19-34(20-26-36)33-17-23-35(24-18-33)45-41-13-5-6-14-42(41)53-43-15-7-8-16-44(43)54-49(45)53/h2*1-30H. The highest BCUT2D eigenvalue weighted by molar-refractivity contribution is 7.25. The molecular weight excluding hydrogens is 1350 g/mol. The maximum absolute atomic E-state index is 5.07. The SMILES string of the molecule is c1cc(-c2ccc(-c3nc(-c4ccc5ccccc5c4)nc(-c4ccc5ccccc5c4)n3)cc2)cc(-c2c3ccccc3n3c2sc2ccccc23)c1.c1ccc2cc(-c3nc(-c4ccc(-c5ccc(-c6c7ccccc7n7c6sc6ccccc67)cc5)cc4)nc(-c4ccc5ccccc5c4)n3)ccc2c1. The molecule has 0 aliphatic carbocycles. The fourth-order valence-corrected chi connectivity index (χ4v) is 17.9. The Morgan fingerprint density at radius 1 is 0.176 bits per heavy atom. The van der Waals surface area contributed by atoms with Gasteiger partial charge < -0.3 is 0 Å². The minimum atomic E-state index is 0.643. The van der Waals surface area contributed by atoms with Crippen LogP contribution in [0, 0.1) is 0 Å². The molecule has 0 spiro atoms. The van der Waals surface area contributed by atoms with Gasteiger partial charge in [0.2, 0.25) is 0 Å². The molecule has 22 rings (SSSR count). The van der Waals surface area contributed by atoms with E-state index in [1.165, 1.54) is 95.7 Å². The Morgan fingerprint density at radius 3 is 0.824 bits per heavy atom. The molecule has 22 aromatic rings. The highest BCUT2D eigenvalue weighted by Gasteiger charge is 2.22. The van der Waals surface area contributed by atoms with Crippen LogP contribution in [-0.2, 0) is 0 Å². The monoisotopic (exact) mass is 1410 g/mol. The Labute approximate surface area is 628 Å². The second-order valence-corrected chi connectivity index (χ2v) is 29.4. The largest absolute Gasteiger partial charge is 0.299 e. The van der Waals surface area contributed by atoms with Gasteiger partial charge in [0.15, 0.2) is 34.9 Å². The molecule has 504 valence electrons.